The van der Waals surface area contributed by atoms with Crippen LogP contribution < -0.4 is 5.32 Å². The number of hydrogen-bond acceptors (Lipinski definition) is 2. The lowest BCUT2D eigenvalue weighted by Gasteiger charge is -2.03. The van der Waals surface area contributed by atoms with Gasteiger partial charge >= 0.3 is 0 Å². The molecule has 0 saturated heterocycles. The molecule has 1 aromatic heterocycles. The van der Waals surface area contributed by atoms with Crippen LogP contribution in [0.4, 0.5) is 16.0 Å². The van der Waals surface area contributed by atoms with E-state index >= 15 is 0 Å². The maximum Gasteiger partial charge on any atom is 0.204 e. The summed E-state index contributed by atoms with van der Waals surface area (Å²) in [5, 5.41) is 3.22. The summed E-state index contributed by atoms with van der Waals surface area (Å²) in [5.74, 6) is 0.165. The molecule has 2 N–H and O–H groups in total. The molecule has 5 heteroatoms. The highest BCUT2D eigenvalue weighted by Crippen LogP contribution is 2.20. The van der Waals surface area contributed by atoms with Crippen LogP contribution in [0.5, 0.6) is 0 Å². The van der Waals surface area contributed by atoms with Crippen molar-refractivity contribution in [2.75, 3.05) is 5.32 Å². The predicted molar refractivity (Wildman–Crippen MR) is 53.3 cm³/mol. The average Bonchev–Trinajstić information content (AvgIpc) is 2.54. The van der Waals surface area contributed by atoms with Gasteiger partial charge in [0.2, 0.25) is 5.95 Å². The Hall–Kier alpha value is -1.55. The highest BCUT2D eigenvalue weighted by Gasteiger charge is 2.00. The number of benzene rings is 1. The highest BCUT2D eigenvalue weighted by molar-refractivity contribution is 6.30. The van der Waals surface area contributed by atoms with Crippen molar-refractivity contribution in [3.05, 3.63) is 41.4 Å². The van der Waals surface area contributed by atoms with Crippen molar-refractivity contribution < 1.29 is 4.39 Å². The van der Waals surface area contributed by atoms with Gasteiger partial charge in [0.15, 0.2) is 0 Å². The number of nitrogens with one attached hydrogen (secondary N) is 2. The fourth-order valence-electron chi connectivity index (χ4n) is 1.10. The van der Waals surface area contributed by atoms with Crippen LogP contribution in [0.15, 0.2) is 30.6 Å². The molecule has 1 aromatic carbocycles. The van der Waals surface area contributed by atoms with Crippen molar-refractivity contribution in [3.8, 4) is 0 Å². The number of H-pyrrole nitrogens is 1. The number of anilines is 2. The lowest BCUT2D eigenvalue weighted by Crippen LogP contribution is -1.92. The van der Waals surface area contributed by atoms with Crippen LogP contribution in [0.3, 0.4) is 0 Å². The van der Waals surface area contributed by atoms with Gasteiger partial charge in [0.25, 0.3) is 0 Å². The number of aromatic amines is 1. The first kappa shape index (κ1) is 9.02. The first-order chi connectivity index (χ1) is 6.74. The Bertz CT molecular complexity index is 407. The molecule has 0 amide bonds. The number of imidazole rings is 1. The van der Waals surface area contributed by atoms with E-state index in [4.69, 9.17) is 11.6 Å². The first-order valence-electron chi connectivity index (χ1n) is 3.96. The van der Waals surface area contributed by atoms with Gasteiger partial charge in [-0.15, -0.1) is 0 Å². The Balaban J connectivity index is 2.25. The molecule has 0 spiro atoms. The Labute approximate surface area is 84.9 Å². The second kappa shape index (κ2) is 3.67. The van der Waals surface area contributed by atoms with E-state index in [1.54, 1.807) is 18.5 Å². The smallest absolute Gasteiger partial charge is 0.204 e. The van der Waals surface area contributed by atoms with E-state index in [0.29, 0.717) is 16.7 Å². The topological polar surface area (TPSA) is 40.7 Å². The molecule has 1 heterocycles. The SMILES string of the molecule is Fc1cc(Cl)cc(Nc2ncc[nH]2)c1. The van der Waals surface area contributed by atoms with Crippen LogP contribution in [-0.4, -0.2) is 9.97 Å². The van der Waals surface area contributed by atoms with E-state index in [2.05, 4.69) is 15.3 Å². The number of nitrogens with zero attached hydrogens (tertiary/aromatic N) is 1. The zero-order chi connectivity index (χ0) is 9.97. The molecule has 14 heavy (non-hydrogen) atoms. The lowest BCUT2D eigenvalue weighted by atomic mass is 10.3. The molecular formula is C9H7ClFN3. The van der Waals surface area contributed by atoms with Gasteiger partial charge in [-0.05, 0) is 18.2 Å². The normalized spacial score (nSPS) is 10.1. The Morgan fingerprint density at radius 1 is 1.36 bits per heavy atom. The molecule has 0 aliphatic carbocycles. The summed E-state index contributed by atoms with van der Waals surface area (Å²) < 4.78 is 12.9. The summed E-state index contributed by atoms with van der Waals surface area (Å²) in [6.45, 7) is 0. The third-order valence-electron chi connectivity index (χ3n) is 1.62. The molecule has 0 radical (unpaired) electrons. The molecule has 0 aliphatic heterocycles. The quantitative estimate of drug-likeness (QED) is 0.802. The van der Waals surface area contributed by atoms with Gasteiger partial charge in [-0.25, -0.2) is 9.37 Å². The van der Waals surface area contributed by atoms with Gasteiger partial charge in [0, 0.05) is 23.1 Å². The van der Waals surface area contributed by atoms with Gasteiger partial charge < -0.3 is 10.3 Å². The first-order valence-corrected chi connectivity index (χ1v) is 4.34. The standard InChI is InChI=1S/C9H7ClFN3/c10-6-3-7(11)5-8(4-6)14-9-12-1-2-13-9/h1-5H,(H2,12,13,14). The van der Waals surface area contributed by atoms with Crippen molar-refractivity contribution in [3.63, 3.8) is 0 Å². The van der Waals surface area contributed by atoms with E-state index in [0.717, 1.165) is 0 Å². The van der Waals surface area contributed by atoms with E-state index in [1.165, 1.54) is 12.1 Å². The van der Waals surface area contributed by atoms with Crippen LogP contribution >= 0.6 is 11.6 Å². The average molecular weight is 212 g/mol. The highest BCUT2D eigenvalue weighted by atomic mass is 35.5. The number of rotatable bonds is 2. The summed E-state index contributed by atoms with van der Waals surface area (Å²) >= 11 is 5.68. The number of halogens is 2. The molecule has 0 unspecified atom stereocenters. The van der Waals surface area contributed by atoms with E-state index in [1.807, 2.05) is 0 Å². The monoisotopic (exact) mass is 211 g/mol. The lowest BCUT2D eigenvalue weighted by molar-refractivity contribution is 0.628. The minimum absolute atomic E-state index is 0.346. The minimum Gasteiger partial charge on any atom is -0.331 e. The summed E-state index contributed by atoms with van der Waals surface area (Å²) in [7, 11) is 0. The second-order valence-electron chi connectivity index (χ2n) is 2.72. The number of hydrogen-bond donors (Lipinski definition) is 2. The third kappa shape index (κ3) is 2.03. The molecule has 0 aliphatic rings. The molecule has 72 valence electrons. The van der Waals surface area contributed by atoms with Crippen molar-refractivity contribution in [1.29, 1.82) is 0 Å². The van der Waals surface area contributed by atoms with Crippen LogP contribution in [0.25, 0.3) is 0 Å². The zero-order valence-corrected chi connectivity index (χ0v) is 7.85. The summed E-state index contributed by atoms with van der Waals surface area (Å²) in [6.07, 6.45) is 3.27. The molecule has 3 nitrogen and oxygen atoms in total. The van der Waals surface area contributed by atoms with Crippen LogP contribution in [-0.2, 0) is 0 Å². The van der Waals surface area contributed by atoms with Gasteiger partial charge in [-0.3, -0.25) is 0 Å². The van der Waals surface area contributed by atoms with Crippen LogP contribution in [0.1, 0.15) is 0 Å². The van der Waals surface area contributed by atoms with E-state index in [9.17, 15) is 4.39 Å². The Morgan fingerprint density at radius 3 is 2.86 bits per heavy atom. The molecule has 2 aromatic rings. The third-order valence-corrected chi connectivity index (χ3v) is 1.84. The molecule has 0 fully saturated rings. The van der Waals surface area contributed by atoms with Crippen molar-refractivity contribution in [1.82, 2.24) is 9.97 Å². The van der Waals surface area contributed by atoms with Crippen molar-refractivity contribution >= 4 is 23.2 Å². The maximum absolute atomic E-state index is 12.9. The molecule has 0 saturated carbocycles. The van der Waals surface area contributed by atoms with Crippen molar-refractivity contribution in [2.45, 2.75) is 0 Å². The predicted octanol–water partition coefficient (Wildman–Crippen LogP) is 2.95. The van der Waals surface area contributed by atoms with E-state index in [-0.39, 0.29) is 5.82 Å². The van der Waals surface area contributed by atoms with Crippen LogP contribution in [0.2, 0.25) is 5.02 Å². The molecular weight excluding hydrogens is 205 g/mol. The molecule has 0 atom stereocenters. The summed E-state index contributed by atoms with van der Waals surface area (Å²) in [6, 6.07) is 4.20. The second-order valence-corrected chi connectivity index (χ2v) is 3.16. The van der Waals surface area contributed by atoms with E-state index < -0.39 is 0 Å². The number of aromatic nitrogens is 2. The fraction of sp³-hybridized carbons (Fsp3) is 0. The minimum atomic E-state index is -0.383. The maximum atomic E-state index is 12.9. The largest absolute Gasteiger partial charge is 0.331 e. The Kier molecular flexibility index (Phi) is 2.37. The van der Waals surface area contributed by atoms with Crippen LogP contribution in [0, 0.1) is 5.82 Å². The van der Waals surface area contributed by atoms with Gasteiger partial charge in [0.05, 0.1) is 0 Å². The Morgan fingerprint density at radius 2 is 2.21 bits per heavy atom. The molecule has 0 bridgehead atoms. The van der Waals surface area contributed by atoms with Crippen molar-refractivity contribution in [2.24, 2.45) is 0 Å². The van der Waals surface area contributed by atoms with Gasteiger partial charge in [0.1, 0.15) is 5.82 Å². The molecule has 2 rings (SSSR count). The fourth-order valence-corrected chi connectivity index (χ4v) is 1.32. The zero-order valence-electron chi connectivity index (χ0n) is 7.09. The van der Waals surface area contributed by atoms with Gasteiger partial charge in [-0.1, -0.05) is 11.6 Å². The summed E-state index contributed by atoms with van der Waals surface area (Å²) in [4.78, 5) is 6.78. The van der Waals surface area contributed by atoms with Gasteiger partial charge in [-0.2, -0.15) is 0 Å². The summed E-state index contributed by atoms with van der Waals surface area (Å²) in [5.41, 5.74) is 0.560.